The van der Waals surface area contributed by atoms with Crippen molar-refractivity contribution in [1.29, 1.82) is 0 Å². The third kappa shape index (κ3) is 14.0. The molecule has 1 amide bonds. The van der Waals surface area contributed by atoms with E-state index in [4.69, 9.17) is 14.5 Å². The van der Waals surface area contributed by atoms with Gasteiger partial charge < -0.3 is 30.0 Å². The van der Waals surface area contributed by atoms with Crippen LogP contribution in [0, 0.1) is 0 Å². The molecule has 2 aromatic rings. The van der Waals surface area contributed by atoms with E-state index in [0.29, 0.717) is 19.7 Å². The number of anilines is 1. The van der Waals surface area contributed by atoms with Crippen LogP contribution in [0.4, 0.5) is 10.6 Å². The zero-order valence-corrected chi connectivity index (χ0v) is 31.8. The number of rotatable bonds is 23. The molecule has 0 aliphatic carbocycles. The predicted molar refractivity (Wildman–Crippen MR) is 207 cm³/mol. The summed E-state index contributed by atoms with van der Waals surface area (Å²) in [5.41, 5.74) is 2.61. The molecule has 1 aromatic carbocycles. The Labute approximate surface area is 303 Å². The Kier molecular flexibility index (Phi) is 17.1. The second-order valence-electron chi connectivity index (χ2n) is 15.3. The van der Waals surface area contributed by atoms with E-state index in [-0.39, 0.29) is 12.2 Å². The van der Waals surface area contributed by atoms with Crippen LogP contribution in [0.3, 0.4) is 0 Å². The maximum atomic E-state index is 12.4. The first-order chi connectivity index (χ1) is 24.3. The molecule has 1 aromatic heterocycles. The van der Waals surface area contributed by atoms with E-state index in [2.05, 4.69) is 58.2 Å². The van der Waals surface area contributed by atoms with Gasteiger partial charge in [0.05, 0.1) is 12.7 Å². The smallest absolute Gasteiger partial charge is 0.410 e. The van der Waals surface area contributed by atoms with Gasteiger partial charge in [-0.05, 0) is 52.6 Å². The van der Waals surface area contributed by atoms with Gasteiger partial charge >= 0.3 is 6.09 Å². The van der Waals surface area contributed by atoms with Gasteiger partial charge in [0.2, 0.25) is 5.79 Å². The maximum absolute atomic E-state index is 12.4. The molecular formula is C41H68N6O3. The van der Waals surface area contributed by atoms with Crippen molar-refractivity contribution in [2.45, 2.75) is 155 Å². The SMILES string of the molecule is CCCCCCCCCCCCCCCCNCCNC1(c2ccccc2)N=Cc2cc(COC3CCN(C(=O)OC(C)(C)C)CC3)[nH]c2N1. The van der Waals surface area contributed by atoms with Gasteiger partial charge in [-0.1, -0.05) is 121 Å². The molecule has 3 heterocycles. The molecule has 9 nitrogen and oxygen atoms in total. The second-order valence-corrected chi connectivity index (χ2v) is 15.3. The first-order valence-corrected chi connectivity index (χ1v) is 19.9. The van der Waals surface area contributed by atoms with E-state index in [1.54, 1.807) is 4.90 Å². The minimum absolute atomic E-state index is 0.109. The zero-order chi connectivity index (χ0) is 35.5. The molecule has 1 atom stereocenters. The number of benzene rings is 1. The third-order valence-corrected chi connectivity index (χ3v) is 9.76. The average molecular weight is 693 g/mol. The number of nitrogens with zero attached hydrogens (tertiary/aromatic N) is 2. The molecule has 0 saturated carbocycles. The largest absolute Gasteiger partial charge is 0.444 e. The fourth-order valence-corrected chi connectivity index (χ4v) is 6.85. The van der Waals surface area contributed by atoms with E-state index in [1.165, 1.54) is 89.9 Å². The van der Waals surface area contributed by atoms with E-state index >= 15 is 0 Å². The Bertz CT molecular complexity index is 1250. The van der Waals surface area contributed by atoms with E-state index in [9.17, 15) is 4.79 Å². The van der Waals surface area contributed by atoms with Crippen LogP contribution in [0.25, 0.3) is 0 Å². The molecular weight excluding hydrogens is 624 g/mol. The van der Waals surface area contributed by atoms with E-state index in [1.807, 2.05) is 33.1 Å². The number of hydrogen-bond donors (Lipinski definition) is 4. The minimum atomic E-state index is -0.748. The van der Waals surface area contributed by atoms with Crippen LogP contribution in [0.5, 0.6) is 0 Å². The number of likely N-dealkylation sites (tertiary alicyclic amines) is 1. The van der Waals surface area contributed by atoms with E-state index < -0.39 is 11.4 Å². The monoisotopic (exact) mass is 693 g/mol. The molecule has 1 saturated heterocycles. The van der Waals surface area contributed by atoms with Gasteiger partial charge in [-0.2, -0.15) is 0 Å². The number of unbranched alkanes of at least 4 members (excludes halogenated alkanes) is 13. The lowest BCUT2D eigenvalue weighted by Gasteiger charge is -2.35. The molecule has 50 heavy (non-hydrogen) atoms. The molecule has 0 radical (unpaired) electrons. The third-order valence-electron chi connectivity index (χ3n) is 9.76. The standard InChI is InChI=1S/C41H68N6O3/c1-5-6-7-8-9-10-11-12-13-14-15-16-17-21-26-42-27-28-43-41(35-22-19-18-20-23-35)44-32-34-31-36(45-38(34)46-41)33-49-37-24-29-47(30-25-37)39(48)50-40(2,3)4/h18-20,22-23,31-32,37,42-43,45-46H,5-17,21,24-30,33H2,1-4H3. The summed E-state index contributed by atoms with van der Waals surface area (Å²) in [5.74, 6) is 0.188. The van der Waals surface area contributed by atoms with Crippen LogP contribution in [0.15, 0.2) is 41.4 Å². The number of carbonyl (C=O) groups excluding carboxylic acids is 1. The Morgan fingerprint density at radius 2 is 1.50 bits per heavy atom. The van der Waals surface area contributed by atoms with Crippen molar-refractivity contribution in [3.63, 3.8) is 0 Å². The van der Waals surface area contributed by atoms with Crippen LogP contribution >= 0.6 is 0 Å². The molecule has 9 heteroatoms. The highest BCUT2D eigenvalue weighted by atomic mass is 16.6. The number of carbonyl (C=O) groups is 1. The number of piperidine rings is 1. The Morgan fingerprint density at radius 3 is 2.12 bits per heavy atom. The van der Waals surface area contributed by atoms with Gasteiger partial charge in [0.15, 0.2) is 0 Å². The number of aromatic nitrogens is 1. The number of H-pyrrole nitrogens is 1. The lowest BCUT2D eigenvalue weighted by Crippen LogP contribution is -2.51. The van der Waals surface area contributed by atoms with Gasteiger partial charge in [-0.25, -0.2) is 9.79 Å². The summed E-state index contributed by atoms with van der Waals surface area (Å²) in [4.78, 5) is 22.8. The molecule has 4 N–H and O–H groups in total. The number of ether oxygens (including phenoxy) is 2. The Balaban J connectivity index is 1.11. The number of hydrogen-bond acceptors (Lipinski definition) is 7. The summed E-state index contributed by atoms with van der Waals surface area (Å²) in [5, 5.41) is 11.0. The molecule has 2 aliphatic heterocycles. The zero-order valence-electron chi connectivity index (χ0n) is 31.8. The molecule has 0 spiro atoms. The van der Waals surface area contributed by atoms with Gasteiger partial charge in [0, 0.05) is 49.2 Å². The Hall–Kier alpha value is -2.88. The van der Waals surface area contributed by atoms with Crippen molar-refractivity contribution < 1.29 is 14.3 Å². The van der Waals surface area contributed by atoms with Crippen LogP contribution in [-0.2, 0) is 21.9 Å². The second kappa shape index (κ2) is 21.5. The number of nitrogens with one attached hydrogen (secondary N) is 4. The molecule has 0 bridgehead atoms. The molecule has 280 valence electrons. The fraction of sp³-hybridized carbons (Fsp3) is 0.707. The molecule has 1 fully saturated rings. The predicted octanol–water partition coefficient (Wildman–Crippen LogP) is 9.25. The lowest BCUT2D eigenvalue weighted by molar-refractivity contribution is -0.0177. The highest BCUT2D eigenvalue weighted by molar-refractivity contribution is 5.89. The van der Waals surface area contributed by atoms with Crippen LogP contribution < -0.4 is 16.0 Å². The highest BCUT2D eigenvalue weighted by Crippen LogP contribution is 2.31. The van der Waals surface area contributed by atoms with Gasteiger partial charge in [0.1, 0.15) is 11.4 Å². The number of aliphatic imine (C=N–C) groups is 1. The summed E-state index contributed by atoms with van der Waals surface area (Å²) >= 11 is 0. The first kappa shape index (κ1) is 39.9. The van der Waals surface area contributed by atoms with Crippen molar-refractivity contribution in [2.75, 3.05) is 38.0 Å². The Morgan fingerprint density at radius 1 is 0.880 bits per heavy atom. The minimum Gasteiger partial charge on any atom is -0.444 e. The summed E-state index contributed by atoms with van der Waals surface area (Å²) < 4.78 is 11.8. The summed E-state index contributed by atoms with van der Waals surface area (Å²) in [6.45, 7) is 12.5. The fourth-order valence-electron chi connectivity index (χ4n) is 6.85. The van der Waals surface area contributed by atoms with Crippen molar-refractivity contribution in [1.82, 2.24) is 20.5 Å². The molecule has 4 rings (SSSR count). The average Bonchev–Trinajstić information content (AvgIpc) is 3.52. The molecule has 2 aliphatic rings. The lowest BCUT2D eigenvalue weighted by atomic mass is 10.0. The van der Waals surface area contributed by atoms with Gasteiger partial charge in [-0.15, -0.1) is 0 Å². The molecule has 1 unspecified atom stereocenters. The quantitative estimate of drug-likeness (QED) is 0.0867. The van der Waals surface area contributed by atoms with Crippen molar-refractivity contribution in [3.8, 4) is 0 Å². The number of amides is 1. The van der Waals surface area contributed by atoms with Crippen LogP contribution in [-0.4, -0.2) is 66.6 Å². The van der Waals surface area contributed by atoms with E-state index in [0.717, 1.165) is 55.1 Å². The summed E-state index contributed by atoms with van der Waals surface area (Å²) in [6, 6.07) is 12.5. The summed E-state index contributed by atoms with van der Waals surface area (Å²) in [6.07, 6.45) is 22.8. The van der Waals surface area contributed by atoms with Gasteiger partial charge in [0.25, 0.3) is 0 Å². The maximum Gasteiger partial charge on any atom is 0.410 e. The first-order valence-electron chi connectivity index (χ1n) is 19.9. The van der Waals surface area contributed by atoms with Crippen LogP contribution in [0.1, 0.15) is 147 Å². The van der Waals surface area contributed by atoms with Crippen LogP contribution in [0.2, 0.25) is 0 Å². The van der Waals surface area contributed by atoms with Crippen molar-refractivity contribution in [3.05, 3.63) is 53.2 Å². The van der Waals surface area contributed by atoms with Crippen molar-refractivity contribution >= 4 is 18.1 Å². The highest BCUT2D eigenvalue weighted by Gasteiger charge is 2.34. The normalized spacial score (nSPS) is 17.9. The summed E-state index contributed by atoms with van der Waals surface area (Å²) in [7, 11) is 0. The van der Waals surface area contributed by atoms with Gasteiger partial charge in [-0.3, -0.25) is 5.32 Å². The van der Waals surface area contributed by atoms with Crippen molar-refractivity contribution in [2.24, 2.45) is 4.99 Å². The number of fused-ring (bicyclic) bond motifs is 1. The number of aromatic amines is 1. The topological polar surface area (TPSA) is 103 Å².